The van der Waals surface area contributed by atoms with Gasteiger partial charge in [-0.2, -0.15) is 0 Å². The van der Waals surface area contributed by atoms with Crippen molar-refractivity contribution >= 4 is 5.82 Å². The van der Waals surface area contributed by atoms with Crippen LogP contribution in [0.2, 0.25) is 0 Å². The average Bonchev–Trinajstić information content (AvgIpc) is 2.49. The van der Waals surface area contributed by atoms with Gasteiger partial charge in [-0.1, -0.05) is 13.0 Å². The molecule has 1 unspecified atom stereocenters. The zero-order valence-electron chi connectivity index (χ0n) is 13.1. The Labute approximate surface area is 123 Å². The molecule has 0 aliphatic heterocycles. The SMILES string of the molecule is CCCNC(C)c1cccnc1N(C)CCCCCO. The van der Waals surface area contributed by atoms with Crippen molar-refractivity contribution in [2.75, 3.05) is 31.6 Å². The average molecular weight is 279 g/mol. The molecule has 1 heterocycles. The van der Waals surface area contributed by atoms with Crippen LogP contribution < -0.4 is 10.2 Å². The Kier molecular flexibility index (Phi) is 8.23. The molecular weight excluding hydrogens is 250 g/mol. The zero-order chi connectivity index (χ0) is 14.8. The second kappa shape index (κ2) is 9.72. The van der Waals surface area contributed by atoms with Crippen molar-refractivity contribution in [3.05, 3.63) is 23.9 Å². The third-order valence-corrected chi connectivity index (χ3v) is 3.50. The third-order valence-electron chi connectivity index (χ3n) is 3.50. The van der Waals surface area contributed by atoms with Gasteiger partial charge >= 0.3 is 0 Å². The minimum atomic E-state index is 0.288. The van der Waals surface area contributed by atoms with Crippen molar-refractivity contribution in [2.24, 2.45) is 0 Å². The van der Waals surface area contributed by atoms with Crippen LogP contribution in [0.1, 0.15) is 51.1 Å². The number of aromatic nitrogens is 1. The van der Waals surface area contributed by atoms with Crippen LogP contribution in [0.25, 0.3) is 0 Å². The van der Waals surface area contributed by atoms with Gasteiger partial charge in [0.05, 0.1) is 0 Å². The van der Waals surface area contributed by atoms with Crippen LogP contribution >= 0.6 is 0 Å². The lowest BCUT2D eigenvalue weighted by Gasteiger charge is -2.24. The molecule has 4 heteroatoms. The maximum Gasteiger partial charge on any atom is 0.133 e. The molecule has 20 heavy (non-hydrogen) atoms. The molecule has 0 amide bonds. The Morgan fingerprint density at radius 2 is 2.15 bits per heavy atom. The van der Waals surface area contributed by atoms with Crippen LogP contribution in [-0.2, 0) is 0 Å². The third kappa shape index (κ3) is 5.47. The predicted octanol–water partition coefficient (Wildman–Crippen LogP) is 2.74. The van der Waals surface area contributed by atoms with Crippen molar-refractivity contribution in [2.45, 2.75) is 45.6 Å². The van der Waals surface area contributed by atoms with Gasteiger partial charge in [-0.05, 0) is 45.2 Å². The van der Waals surface area contributed by atoms with E-state index < -0.39 is 0 Å². The number of pyridine rings is 1. The van der Waals surface area contributed by atoms with Crippen molar-refractivity contribution in [1.82, 2.24) is 10.3 Å². The van der Waals surface area contributed by atoms with Crippen LogP contribution in [0.3, 0.4) is 0 Å². The molecule has 0 aliphatic rings. The van der Waals surface area contributed by atoms with Crippen molar-refractivity contribution < 1.29 is 5.11 Å². The van der Waals surface area contributed by atoms with Crippen molar-refractivity contribution in [1.29, 1.82) is 0 Å². The first-order chi connectivity index (χ1) is 9.70. The van der Waals surface area contributed by atoms with Crippen LogP contribution in [0.5, 0.6) is 0 Å². The van der Waals surface area contributed by atoms with E-state index in [1.807, 2.05) is 12.3 Å². The fourth-order valence-corrected chi connectivity index (χ4v) is 2.28. The summed E-state index contributed by atoms with van der Waals surface area (Å²) in [7, 11) is 2.09. The number of nitrogens with zero attached hydrogens (tertiary/aromatic N) is 2. The summed E-state index contributed by atoms with van der Waals surface area (Å²) in [6.07, 6.45) is 6.03. The Bertz CT molecular complexity index is 370. The van der Waals surface area contributed by atoms with E-state index in [0.29, 0.717) is 6.04 Å². The van der Waals surface area contributed by atoms with Gasteiger partial charge in [0, 0.05) is 38.0 Å². The first-order valence-corrected chi connectivity index (χ1v) is 7.71. The number of hydrogen-bond donors (Lipinski definition) is 2. The molecule has 0 saturated carbocycles. The van der Waals surface area contributed by atoms with Gasteiger partial charge in [0.25, 0.3) is 0 Å². The van der Waals surface area contributed by atoms with Gasteiger partial charge in [-0.3, -0.25) is 0 Å². The summed E-state index contributed by atoms with van der Waals surface area (Å²) in [6.45, 7) is 6.66. The summed E-state index contributed by atoms with van der Waals surface area (Å²) in [6, 6.07) is 4.47. The minimum absolute atomic E-state index is 0.288. The number of unbranched alkanes of at least 4 members (excludes halogenated alkanes) is 2. The van der Waals surface area contributed by atoms with E-state index in [4.69, 9.17) is 5.11 Å². The van der Waals surface area contributed by atoms with Gasteiger partial charge in [0.2, 0.25) is 0 Å². The normalized spacial score (nSPS) is 12.4. The Morgan fingerprint density at radius 3 is 2.85 bits per heavy atom. The van der Waals surface area contributed by atoms with E-state index in [2.05, 4.69) is 42.2 Å². The maximum atomic E-state index is 8.81. The van der Waals surface area contributed by atoms with Gasteiger partial charge in [-0.15, -0.1) is 0 Å². The summed E-state index contributed by atoms with van der Waals surface area (Å²) in [5.41, 5.74) is 1.26. The Balaban J connectivity index is 2.63. The highest BCUT2D eigenvalue weighted by Gasteiger charge is 2.13. The smallest absolute Gasteiger partial charge is 0.133 e. The number of aliphatic hydroxyl groups excluding tert-OH is 1. The largest absolute Gasteiger partial charge is 0.396 e. The highest BCUT2D eigenvalue weighted by atomic mass is 16.2. The monoisotopic (exact) mass is 279 g/mol. The topological polar surface area (TPSA) is 48.4 Å². The lowest BCUT2D eigenvalue weighted by molar-refractivity contribution is 0.283. The second-order valence-electron chi connectivity index (χ2n) is 5.30. The molecule has 0 fully saturated rings. The second-order valence-corrected chi connectivity index (χ2v) is 5.30. The minimum Gasteiger partial charge on any atom is -0.396 e. The molecule has 2 N–H and O–H groups in total. The molecule has 0 spiro atoms. The fraction of sp³-hybridized carbons (Fsp3) is 0.688. The van der Waals surface area contributed by atoms with Crippen LogP contribution in [-0.4, -0.2) is 36.8 Å². The molecule has 0 saturated heterocycles. The van der Waals surface area contributed by atoms with Gasteiger partial charge in [0.1, 0.15) is 5.82 Å². The van der Waals surface area contributed by atoms with Crippen molar-refractivity contribution in [3.8, 4) is 0 Å². The first-order valence-electron chi connectivity index (χ1n) is 7.71. The van der Waals surface area contributed by atoms with E-state index in [1.54, 1.807) is 0 Å². The molecule has 4 nitrogen and oxygen atoms in total. The number of hydrogen-bond acceptors (Lipinski definition) is 4. The van der Waals surface area contributed by atoms with E-state index in [0.717, 1.165) is 44.6 Å². The molecule has 0 radical (unpaired) electrons. The molecule has 0 aliphatic carbocycles. The molecule has 0 bridgehead atoms. The fourth-order valence-electron chi connectivity index (χ4n) is 2.28. The molecule has 1 aromatic rings. The van der Waals surface area contributed by atoms with Crippen LogP contribution in [0.15, 0.2) is 18.3 Å². The van der Waals surface area contributed by atoms with Crippen molar-refractivity contribution in [3.63, 3.8) is 0 Å². The highest BCUT2D eigenvalue weighted by Crippen LogP contribution is 2.23. The van der Waals surface area contributed by atoms with Gasteiger partial charge in [0.15, 0.2) is 0 Å². The number of nitrogens with one attached hydrogen (secondary N) is 1. The standard InChI is InChI=1S/C16H29N3O/c1-4-10-17-14(2)15-9-8-11-18-16(15)19(3)12-6-5-7-13-20/h8-9,11,14,17,20H,4-7,10,12-13H2,1-3H3. The van der Waals surface area contributed by atoms with E-state index >= 15 is 0 Å². The van der Waals surface area contributed by atoms with E-state index in [9.17, 15) is 0 Å². The molecule has 1 rings (SSSR count). The van der Waals surface area contributed by atoms with E-state index in [1.165, 1.54) is 5.56 Å². The molecule has 0 aromatic carbocycles. The quantitative estimate of drug-likeness (QED) is 0.647. The number of aliphatic hydroxyl groups is 1. The highest BCUT2D eigenvalue weighted by molar-refractivity contribution is 5.47. The van der Waals surface area contributed by atoms with Gasteiger partial charge < -0.3 is 15.3 Å². The summed E-state index contributed by atoms with van der Waals surface area (Å²) in [5.74, 6) is 1.06. The van der Waals surface area contributed by atoms with E-state index in [-0.39, 0.29) is 6.61 Å². The van der Waals surface area contributed by atoms with Crippen LogP contribution in [0.4, 0.5) is 5.82 Å². The summed E-state index contributed by atoms with van der Waals surface area (Å²) in [4.78, 5) is 6.76. The summed E-state index contributed by atoms with van der Waals surface area (Å²) in [5, 5.41) is 12.3. The molecule has 1 aromatic heterocycles. The maximum absolute atomic E-state index is 8.81. The zero-order valence-corrected chi connectivity index (χ0v) is 13.1. The molecule has 1 atom stereocenters. The Hall–Kier alpha value is -1.13. The molecule has 114 valence electrons. The molecular formula is C16H29N3O. The number of anilines is 1. The van der Waals surface area contributed by atoms with Crippen LogP contribution in [0, 0.1) is 0 Å². The lowest BCUT2D eigenvalue weighted by atomic mass is 10.1. The lowest BCUT2D eigenvalue weighted by Crippen LogP contribution is -2.25. The summed E-state index contributed by atoms with van der Waals surface area (Å²) >= 11 is 0. The Morgan fingerprint density at radius 1 is 1.35 bits per heavy atom. The summed E-state index contributed by atoms with van der Waals surface area (Å²) < 4.78 is 0. The van der Waals surface area contributed by atoms with Gasteiger partial charge in [-0.25, -0.2) is 4.98 Å². The number of rotatable bonds is 10. The first kappa shape index (κ1) is 16.9. The predicted molar refractivity (Wildman–Crippen MR) is 85.2 cm³/mol.